The van der Waals surface area contributed by atoms with Crippen LogP contribution < -0.4 is 5.32 Å². The fourth-order valence-corrected chi connectivity index (χ4v) is 2.83. The van der Waals surface area contributed by atoms with Gasteiger partial charge < -0.3 is 15.5 Å². The SMILES string of the molecule is OCCCN=C1Nc2ccc(Cl)cc2C1(O)c1ccccc1. The summed E-state index contributed by atoms with van der Waals surface area (Å²) in [6.07, 6.45) is 0.549. The summed E-state index contributed by atoms with van der Waals surface area (Å²) in [7, 11) is 0. The van der Waals surface area contributed by atoms with Gasteiger partial charge in [0.1, 0.15) is 5.84 Å². The lowest BCUT2D eigenvalue weighted by atomic mass is 9.87. The lowest BCUT2D eigenvalue weighted by Gasteiger charge is -2.24. The van der Waals surface area contributed by atoms with Crippen molar-refractivity contribution in [3.05, 3.63) is 64.7 Å². The van der Waals surface area contributed by atoms with E-state index in [9.17, 15) is 5.11 Å². The monoisotopic (exact) mass is 316 g/mol. The maximum absolute atomic E-state index is 11.4. The second-order valence-corrected chi connectivity index (χ2v) is 5.64. The molecule has 0 spiro atoms. The van der Waals surface area contributed by atoms with Crippen LogP contribution in [0.15, 0.2) is 53.5 Å². The molecule has 0 bridgehead atoms. The summed E-state index contributed by atoms with van der Waals surface area (Å²) in [5.41, 5.74) is 0.857. The Morgan fingerprint density at radius 3 is 2.64 bits per heavy atom. The summed E-state index contributed by atoms with van der Waals surface area (Å²) >= 11 is 6.10. The van der Waals surface area contributed by atoms with E-state index >= 15 is 0 Å². The highest BCUT2D eigenvalue weighted by Gasteiger charge is 2.44. The van der Waals surface area contributed by atoms with Crippen molar-refractivity contribution in [2.75, 3.05) is 18.5 Å². The van der Waals surface area contributed by atoms with E-state index in [0.29, 0.717) is 29.4 Å². The Labute approximate surface area is 134 Å². The van der Waals surface area contributed by atoms with E-state index < -0.39 is 5.60 Å². The molecule has 0 fully saturated rings. The van der Waals surface area contributed by atoms with E-state index in [1.807, 2.05) is 36.4 Å². The molecule has 0 amide bonds. The van der Waals surface area contributed by atoms with E-state index in [4.69, 9.17) is 16.7 Å². The number of hydrogen-bond acceptors (Lipinski definition) is 3. The maximum atomic E-state index is 11.4. The molecule has 2 aromatic rings. The number of fused-ring (bicyclic) bond motifs is 1. The Balaban J connectivity index is 2.12. The molecule has 0 aliphatic carbocycles. The Morgan fingerprint density at radius 2 is 1.91 bits per heavy atom. The molecule has 0 aromatic heterocycles. The van der Waals surface area contributed by atoms with Crippen molar-refractivity contribution in [2.45, 2.75) is 12.0 Å². The lowest BCUT2D eigenvalue weighted by Crippen LogP contribution is -2.35. The highest BCUT2D eigenvalue weighted by atomic mass is 35.5. The van der Waals surface area contributed by atoms with E-state index in [2.05, 4.69) is 10.3 Å². The first kappa shape index (κ1) is 15.0. The van der Waals surface area contributed by atoms with Gasteiger partial charge in [-0.3, -0.25) is 4.99 Å². The van der Waals surface area contributed by atoms with Crippen LogP contribution in [-0.4, -0.2) is 29.2 Å². The van der Waals surface area contributed by atoms with Crippen LogP contribution in [0.2, 0.25) is 5.02 Å². The highest BCUT2D eigenvalue weighted by Crippen LogP contribution is 2.42. The number of rotatable bonds is 4. The Kier molecular flexibility index (Phi) is 4.16. The van der Waals surface area contributed by atoms with Gasteiger partial charge >= 0.3 is 0 Å². The summed E-state index contributed by atoms with van der Waals surface area (Å²) in [6, 6.07) is 14.7. The van der Waals surface area contributed by atoms with Crippen LogP contribution in [0.3, 0.4) is 0 Å². The average molecular weight is 317 g/mol. The number of hydrogen-bond donors (Lipinski definition) is 3. The van der Waals surface area contributed by atoms with Crippen molar-refractivity contribution < 1.29 is 10.2 Å². The smallest absolute Gasteiger partial charge is 0.174 e. The summed E-state index contributed by atoms with van der Waals surface area (Å²) in [6.45, 7) is 0.509. The molecule has 3 rings (SSSR count). The molecular weight excluding hydrogens is 300 g/mol. The number of amidine groups is 1. The minimum Gasteiger partial charge on any atom is -0.396 e. The fourth-order valence-electron chi connectivity index (χ4n) is 2.66. The quantitative estimate of drug-likeness (QED) is 0.760. The van der Waals surface area contributed by atoms with Gasteiger partial charge in [0.15, 0.2) is 5.60 Å². The zero-order chi connectivity index (χ0) is 15.6. The number of aliphatic hydroxyl groups excluding tert-OH is 1. The topological polar surface area (TPSA) is 64.9 Å². The van der Waals surface area contributed by atoms with Crippen molar-refractivity contribution in [3.8, 4) is 0 Å². The van der Waals surface area contributed by atoms with Gasteiger partial charge in [0.2, 0.25) is 0 Å². The molecule has 5 heteroatoms. The van der Waals surface area contributed by atoms with E-state index in [0.717, 1.165) is 11.3 Å². The van der Waals surface area contributed by atoms with Crippen LogP contribution in [0.25, 0.3) is 0 Å². The van der Waals surface area contributed by atoms with E-state index in [1.165, 1.54) is 0 Å². The summed E-state index contributed by atoms with van der Waals surface area (Å²) in [4.78, 5) is 4.44. The summed E-state index contributed by atoms with van der Waals surface area (Å²) < 4.78 is 0. The largest absolute Gasteiger partial charge is 0.396 e. The van der Waals surface area contributed by atoms with Gasteiger partial charge in [-0.15, -0.1) is 0 Å². The number of anilines is 1. The average Bonchev–Trinajstić information content (AvgIpc) is 2.82. The third-order valence-electron chi connectivity index (χ3n) is 3.74. The molecule has 1 aliphatic rings. The molecule has 0 saturated heterocycles. The first-order chi connectivity index (χ1) is 10.7. The second-order valence-electron chi connectivity index (χ2n) is 5.20. The van der Waals surface area contributed by atoms with Gasteiger partial charge in [0, 0.05) is 29.4 Å². The number of nitrogens with one attached hydrogen (secondary N) is 1. The Bertz CT molecular complexity index is 703. The van der Waals surface area contributed by atoms with Gasteiger partial charge in [-0.05, 0) is 30.2 Å². The molecule has 1 aliphatic heterocycles. The van der Waals surface area contributed by atoms with Gasteiger partial charge in [0.25, 0.3) is 0 Å². The van der Waals surface area contributed by atoms with Crippen molar-refractivity contribution in [1.82, 2.24) is 0 Å². The number of nitrogens with zero attached hydrogens (tertiary/aromatic N) is 1. The van der Waals surface area contributed by atoms with Gasteiger partial charge in [-0.1, -0.05) is 41.9 Å². The van der Waals surface area contributed by atoms with Crippen molar-refractivity contribution in [1.29, 1.82) is 0 Å². The highest BCUT2D eigenvalue weighted by molar-refractivity contribution is 6.31. The molecule has 0 saturated carbocycles. The minimum absolute atomic E-state index is 0.0688. The third kappa shape index (κ3) is 2.50. The molecular formula is C17H17ClN2O2. The number of halogens is 1. The summed E-state index contributed by atoms with van der Waals surface area (Å²) in [5.74, 6) is 0.462. The number of benzene rings is 2. The normalized spacial score (nSPS) is 21.7. The molecule has 1 atom stereocenters. The van der Waals surface area contributed by atoms with Crippen LogP contribution in [0.4, 0.5) is 5.69 Å². The van der Waals surface area contributed by atoms with Crippen LogP contribution in [0.1, 0.15) is 17.5 Å². The van der Waals surface area contributed by atoms with Gasteiger partial charge in [-0.2, -0.15) is 0 Å². The molecule has 1 heterocycles. The molecule has 22 heavy (non-hydrogen) atoms. The Morgan fingerprint density at radius 1 is 1.14 bits per heavy atom. The number of aliphatic hydroxyl groups is 2. The summed E-state index contributed by atoms with van der Waals surface area (Å²) in [5, 5.41) is 24.0. The predicted octanol–water partition coefficient (Wildman–Crippen LogP) is 2.78. The minimum atomic E-state index is -1.35. The molecule has 4 nitrogen and oxygen atoms in total. The number of aliphatic imine (C=N–C) groups is 1. The Hall–Kier alpha value is -1.88. The standard InChI is InChI=1S/C17H17ClN2O2/c18-13-7-8-15-14(11-13)17(22,12-5-2-1-3-6-12)16(20-15)19-9-4-10-21/h1-3,5-8,11,21-22H,4,9-10H2,(H,19,20). The lowest BCUT2D eigenvalue weighted by molar-refractivity contribution is 0.160. The molecule has 0 radical (unpaired) electrons. The molecule has 3 N–H and O–H groups in total. The van der Waals surface area contributed by atoms with Gasteiger partial charge in [0.05, 0.1) is 0 Å². The van der Waals surface area contributed by atoms with Crippen LogP contribution >= 0.6 is 11.6 Å². The van der Waals surface area contributed by atoms with Crippen LogP contribution in [-0.2, 0) is 5.60 Å². The molecule has 1 unspecified atom stereocenters. The van der Waals surface area contributed by atoms with Crippen LogP contribution in [0, 0.1) is 0 Å². The zero-order valence-electron chi connectivity index (χ0n) is 12.0. The third-order valence-corrected chi connectivity index (χ3v) is 3.98. The maximum Gasteiger partial charge on any atom is 0.174 e. The van der Waals surface area contributed by atoms with Crippen molar-refractivity contribution >= 4 is 23.1 Å². The van der Waals surface area contributed by atoms with Crippen molar-refractivity contribution in [3.63, 3.8) is 0 Å². The second kappa shape index (κ2) is 6.08. The zero-order valence-corrected chi connectivity index (χ0v) is 12.7. The molecule has 114 valence electrons. The fraction of sp³-hybridized carbons (Fsp3) is 0.235. The predicted molar refractivity (Wildman–Crippen MR) is 88.5 cm³/mol. The van der Waals surface area contributed by atoms with E-state index in [-0.39, 0.29) is 6.61 Å². The van der Waals surface area contributed by atoms with Crippen LogP contribution in [0.5, 0.6) is 0 Å². The van der Waals surface area contributed by atoms with Crippen molar-refractivity contribution in [2.24, 2.45) is 4.99 Å². The first-order valence-corrected chi connectivity index (χ1v) is 7.55. The van der Waals surface area contributed by atoms with E-state index in [1.54, 1.807) is 12.1 Å². The molecule has 2 aromatic carbocycles. The van der Waals surface area contributed by atoms with Gasteiger partial charge in [-0.25, -0.2) is 0 Å². The first-order valence-electron chi connectivity index (χ1n) is 7.17.